The molecule has 0 atom stereocenters. The molecule has 0 unspecified atom stereocenters. The highest BCUT2D eigenvalue weighted by Crippen LogP contribution is 2.21. The molecule has 8 heteroatoms. The van der Waals surface area contributed by atoms with Crippen LogP contribution >= 0.6 is 0 Å². The molecule has 1 aliphatic rings. The van der Waals surface area contributed by atoms with Crippen molar-refractivity contribution in [2.24, 2.45) is 0 Å². The molecule has 152 valence electrons. The van der Waals surface area contributed by atoms with E-state index in [1.54, 1.807) is 30.3 Å². The van der Waals surface area contributed by atoms with Crippen LogP contribution in [0.2, 0.25) is 0 Å². The van der Waals surface area contributed by atoms with Crippen molar-refractivity contribution in [3.8, 4) is 6.07 Å². The van der Waals surface area contributed by atoms with Crippen molar-refractivity contribution >= 4 is 21.6 Å². The largest absolute Gasteiger partial charge is 0.325 e. The van der Waals surface area contributed by atoms with Gasteiger partial charge < -0.3 is 10.2 Å². The Labute approximate surface area is 171 Å². The third-order valence-corrected chi connectivity index (χ3v) is 7.17. The summed E-state index contributed by atoms with van der Waals surface area (Å²) in [6, 6.07) is 14.3. The second kappa shape index (κ2) is 8.74. The maximum Gasteiger partial charge on any atom is 0.279 e. The third kappa shape index (κ3) is 4.82. The summed E-state index contributed by atoms with van der Waals surface area (Å²) >= 11 is 0. The van der Waals surface area contributed by atoms with Crippen LogP contribution in [-0.4, -0.2) is 51.4 Å². The van der Waals surface area contributed by atoms with Gasteiger partial charge in [0.25, 0.3) is 5.91 Å². The number of para-hydroxylation sites is 1. The highest BCUT2D eigenvalue weighted by molar-refractivity contribution is 7.89. The molecule has 1 fully saturated rings. The molecule has 1 aliphatic heterocycles. The Morgan fingerprint density at radius 3 is 2.52 bits per heavy atom. The average Bonchev–Trinajstić information content (AvgIpc) is 2.68. The second-order valence-electron chi connectivity index (χ2n) is 7.31. The summed E-state index contributed by atoms with van der Waals surface area (Å²) in [6.45, 7) is 5.82. The van der Waals surface area contributed by atoms with E-state index in [2.05, 4.69) is 11.4 Å². The number of hydrogen-bond acceptors (Lipinski definition) is 4. The van der Waals surface area contributed by atoms with Crippen molar-refractivity contribution in [1.29, 1.82) is 5.26 Å². The molecular formula is C21H25N4O3S+. The Kier molecular flexibility index (Phi) is 6.33. The van der Waals surface area contributed by atoms with E-state index in [0.717, 1.165) is 16.0 Å². The molecule has 3 rings (SSSR count). The zero-order valence-electron chi connectivity index (χ0n) is 16.6. The number of nitrogens with one attached hydrogen (secondary N) is 2. The van der Waals surface area contributed by atoms with Crippen LogP contribution in [-0.2, 0) is 14.8 Å². The molecule has 0 radical (unpaired) electrons. The van der Waals surface area contributed by atoms with E-state index in [4.69, 9.17) is 5.26 Å². The summed E-state index contributed by atoms with van der Waals surface area (Å²) in [5, 5.41) is 11.9. The molecule has 0 aromatic heterocycles. The minimum atomic E-state index is -3.54. The maximum absolute atomic E-state index is 13.0. The molecule has 1 saturated heterocycles. The maximum atomic E-state index is 13.0. The fraction of sp³-hybridized carbons (Fsp3) is 0.333. The number of aryl methyl sites for hydroxylation is 2. The van der Waals surface area contributed by atoms with Gasteiger partial charge in [0.2, 0.25) is 10.0 Å². The van der Waals surface area contributed by atoms with Crippen LogP contribution in [0.1, 0.15) is 16.7 Å². The molecule has 29 heavy (non-hydrogen) atoms. The number of nitriles is 1. The van der Waals surface area contributed by atoms with Crippen molar-refractivity contribution in [2.75, 3.05) is 38.0 Å². The first-order valence-corrected chi connectivity index (χ1v) is 10.9. The summed E-state index contributed by atoms with van der Waals surface area (Å²) in [6.07, 6.45) is 0. The Bertz CT molecular complexity index is 1050. The number of carbonyl (C=O) groups is 1. The lowest BCUT2D eigenvalue weighted by atomic mass is 10.2. The molecule has 2 aromatic rings. The van der Waals surface area contributed by atoms with E-state index in [9.17, 15) is 13.2 Å². The Balaban J connectivity index is 1.59. The van der Waals surface area contributed by atoms with Crippen LogP contribution in [0.3, 0.4) is 0 Å². The van der Waals surface area contributed by atoms with Crippen LogP contribution in [0.15, 0.2) is 47.4 Å². The molecular weight excluding hydrogens is 388 g/mol. The summed E-state index contributed by atoms with van der Waals surface area (Å²) in [5.41, 5.74) is 2.69. The van der Waals surface area contributed by atoms with Crippen molar-refractivity contribution in [3.63, 3.8) is 0 Å². The standard InChI is InChI=1S/C21H24N4O3S/c1-16-7-8-20(17(2)13-16)29(27,28)25-11-9-24(10-12-25)15-21(26)23-19-6-4-3-5-18(19)14-22/h3-8,13H,9-12,15H2,1-2H3,(H,23,26)/p+1. The van der Waals surface area contributed by atoms with E-state index in [1.807, 2.05) is 26.0 Å². The van der Waals surface area contributed by atoms with Crippen LogP contribution in [0.25, 0.3) is 0 Å². The molecule has 1 heterocycles. The average molecular weight is 414 g/mol. The fourth-order valence-corrected chi connectivity index (χ4v) is 5.21. The van der Waals surface area contributed by atoms with Gasteiger partial charge in [-0.05, 0) is 37.6 Å². The predicted molar refractivity (Wildman–Crippen MR) is 110 cm³/mol. The van der Waals surface area contributed by atoms with Gasteiger partial charge in [-0.3, -0.25) is 4.79 Å². The highest BCUT2D eigenvalue weighted by atomic mass is 32.2. The van der Waals surface area contributed by atoms with Gasteiger partial charge in [0.05, 0.1) is 42.3 Å². The molecule has 2 N–H and O–H groups in total. The summed E-state index contributed by atoms with van der Waals surface area (Å²) in [4.78, 5) is 13.7. The number of amides is 1. The monoisotopic (exact) mass is 413 g/mol. The number of rotatable bonds is 5. The van der Waals surface area contributed by atoms with Gasteiger partial charge in [-0.1, -0.05) is 29.8 Å². The van der Waals surface area contributed by atoms with Crippen LogP contribution in [0, 0.1) is 25.2 Å². The number of sulfonamides is 1. The van der Waals surface area contributed by atoms with Gasteiger partial charge in [0, 0.05) is 0 Å². The zero-order chi connectivity index (χ0) is 21.0. The minimum absolute atomic E-state index is 0.187. The van der Waals surface area contributed by atoms with Crippen molar-refractivity contribution in [3.05, 3.63) is 59.2 Å². The van der Waals surface area contributed by atoms with Crippen molar-refractivity contribution < 1.29 is 18.1 Å². The van der Waals surface area contributed by atoms with Gasteiger partial charge in [0.15, 0.2) is 6.54 Å². The number of quaternary nitrogens is 1. The number of nitrogens with zero attached hydrogens (tertiary/aromatic N) is 2. The normalized spacial score (nSPS) is 15.6. The van der Waals surface area contributed by atoms with E-state index < -0.39 is 10.0 Å². The Morgan fingerprint density at radius 1 is 1.17 bits per heavy atom. The lowest BCUT2D eigenvalue weighted by Crippen LogP contribution is -3.15. The molecule has 0 spiro atoms. The lowest BCUT2D eigenvalue weighted by Gasteiger charge is -2.31. The lowest BCUT2D eigenvalue weighted by molar-refractivity contribution is -0.895. The molecule has 0 aliphatic carbocycles. The van der Waals surface area contributed by atoms with E-state index >= 15 is 0 Å². The predicted octanol–water partition coefficient (Wildman–Crippen LogP) is 0.703. The fourth-order valence-electron chi connectivity index (χ4n) is 3.56. The molecule has 2 aromatic carbocycles. The first kappa shape index (κ1) is 21.0. The van der Waals surface area contributed by atoms with E-state index in [1.165, 1.54) is 4.31 Å². The van der Waals surface area contributed by atoms with E-state index in [-0.39, 0.29) is 12.5 Å². The first-order chi connectivity index (χ1) is 13.8. The van der Waals surface area contributed by atoms with Crippen LogP contribution in [0.5, 0.6) is 0 Å². The quantitative estimate of drug-likeness (QED) is 0.755. The number of hydrogen-bond donors (Lipinski definition) is 2. The van der Waals surface area contributed by atoms with E-state index in [0.29, 0.717) is 42.3 Å². The zero-order valence-corrected chi connectivity index (χ0v) is 17.4. The topological polar surface area (TPSA) is 94.7 Å². The number of anilines is 1. The molecule has 7 nitrogen and oxygen atoms in total. The van der Waals surface area contributed by atoms with Crippen LogP contribution in [0.4, 0.5) is 5.69 Å². The number of carbonyl (C=O) groups excluding carboxylic acids is 1. The van der Waals surface area contributed by atoms with Gasteiger partial charge in [-0.25, -0.2) is 8.42 Å². The van der Waals surface area contributed by atoms with Gasteiger partial charge in [-0.15, -0.1) is 0 Å². The molecule has 1 amide bonds. The number of piperazine rings is 1. The van der Waals surface area contributed by atoms with Gasteiger partial charge >= 0.3 is 0 Å². The van der Waals surface area contributed by atoms with Gasteiger partial charge in [-0.2, -0.15) is 9.57 Å². The minimum Gasteiger partial charge on any atom is -0.325 e. The Hall–Kier alpha value is -2.73. The molecule has 0 saturated carbocycles. The number of benzene rings is 2. The highest BCUT2D eigenvalue weighted by Gasteiger charge is 2.32. The SMILES string of the molecule is Cc1ccc(S(=O)(=O)N2CC[NH+](CC(=O)Nc3ccccc3C#N)CC2)c(C)c1. The molecule has 0 bridgehead atoms. The van der Waals surface area contributed by atoms with Crippen LogP contribution < -0.4 is 10.2 Å². The third-order valence-electron chi connectivity index (χ3n) is 5.11. The smallest absolute Gasteiger partial charge is 0.279 e. The van der Waals surface area contributed by atoms with Crippen molar-refractivity contribution in [2.45, 2.75) is 18.7 Å². The summed E-state index contributed by atoms with van der Waals surface area (Å²) < 4.78 is 27.4. The summed E-state index contributed by atoms with van der Waals surface area (Å²) in [5.74, 6) is -0.187. The van der Waals surface area contributed by atoms with Gasteiger partial charge in [0.1, 0.15) is 6.07 Å². The second-order valence-corrected chi connectivity index (χ2v) is 9.21. The Morgan fingerprint density at radius 2 is 1.86 bits per heavy atom. The summed E-state index contributed by atoms with van der Waals surface area (Å²) in [7, 11) is -3.54. The van der Waals surface area contributed by atoms with Crippen molar-refractivity contribution in [1.82, 2.24) is 4.31 Å². The first-order valence-electron chi connectivity index (χ1n) is 9.51.